The number of hydrogen-bond acceptors (Lipinski definition) is 5. The summed E-state index contributed by atoms with van der Waals surface area (Å²) in [5, 5.41) is 3.11. The van der Waals surface area contributed by atoms with Crippen LogP contribution >= 0.6 is 23.2 Å². The molecule has 0 radical (unpaired) electrons. The molecule has 5 rings (SSSR count). The predicted molar refractivity (Wildman–Crippen MR) is 141 cm³/mol. The molecule has 40 heavy (non-hydrogen) atoms. The first-order valence-corrected chi connectivity index (χ1v) is 12.5. The zero-order valence-electron chi connectivity index (χ0n) is 20.9. The van der Waals surface area contributed by atoms with Crippen LogP contribution in [0.3, 0.4) is 0 Å². The van der Waals surface area contributed by atoms with Gasteiger partial charge in [-0.05, 0) is 67.9 Å². The number of ketones is 1. The maximum atomic E-state index is 13.6. The van der Waals surface area contributed by atoms with E-state index < -0.39 is 29.7 Å². The van der Waals surface area contributed by atoms with E-state index in [0.29, 0.717) is 38.3 Å². The Morgan fingerprint density at radius 2 is 1.75 bits per heavy atom. The number of nitrogens with one attached hydrogen (secondary N) is 1. The normalized spacial score (nSPS) is 17.2. The fraction of sp³-hybridized carbons (Fsp3) is 0.179. The largest absolute Gasteiger partial charge is 0.573 e. The highest BCUT2D eigenvalue weighted by Gasteiger charge is 2.47. The number of rotatable bonds is 6. The Labute approximate surface area is 235 Å². The van der Waals surface area contributed by atoms with Gasteiger partial charge in [0.2, 0.25) is 5.60 Å². The molecule has 0 bridgehead atoms. The molecule has 0 spiro atoms. The summed E-state index contributed by atoms with van der Waals surface area (Å²) in [6.45, 7) is 3.15. The van der Waals surface area contributed by atoms with Gasteiger partial charge < -0.3 is 14.0 Å². The van der Waals surface area contributed by atoms with Gasteiger partial charge in [0.25, 0.3) is 5.91 Å². The SMILES string of the molecule is Cc1c(C(=O)c2ccc(Cl)cc2)c2ccc(OC(F)(F)F)cc2n1Cc1ccc(Cl)c([C@]2(C)OC(=O)NC2=O)c1. The zero-order valence-corrected chi connectivity index (χ0v) is 22.4. The number of nitrogens with zero attached hydrogens (tertiary/aromatic N) is 1. The first-order valence-electron chi connectivity index (χ1n) is 11.8. The third-order valence-electron chi connectivity index (χ3n) is 6.69. The molecule has 0 unspecified atom stereocenters. The molecule has 0 aliphatic carbocycles. The van der Waals surface area contributed by atoms with Crippen molar-refractivity contribution >= 4 is 51.9 Å². The molecule has 1 aliphatic heterocycles. The smallest absolute Gasteiger partial charge is 0.428 e. The monoisotopic (exact) mass is 590 g/mol. The van der Waals surface area contributed by atoms with Crippen LogP contribution in [0.4, 0.5) is 18.0 Å². The minimum atomic E-state index is -4.91. The third-order valence-corrected chi connectivity index (χ3v) is 7.28. The number of cyclic esters (lactones) is 1. The lowest BCUT2D eigenvalue weighted by molar-refractivity contribution is -0.274. The number of amides is 2. The summed E-state index contributed by atoms with van der Waals surface area (Å²) >= 11 is 12.3. The van der Waals surface area contributed by atoms with Crippen molar-refractivity contribution in [1.29, 1.82) is 0 Å². The Kier molecular flexibility index (Phi) is 6.79. The van der Waals surface area contributed by atoms with Crippen molar-refractivity contribution in [1.82, 2.24) is 9.88 Å². The molecule has 3 aromatic carbocycles. The minimum Gasteiger partial charge on any atom is -0.428 e. The fourth-order valence-electron chi connectivity index (χ4n) is 4.76. The second-order valence-electron chi connectivity index (χ2n) is 9.30. The summed E-state index contributed by atoms with van der Waals surface area (Å²) in [5.74, 6) is -1.49. The van der Waals surface area contributed by atoms with E-state index in [1.54, 1.807) is 47.9 Å². The van der Waals surface area contributed by atoms with Gasteiger partial charge >= 0.3 is 12.5 Å². The first kappa shape index (κ1) is 27.5. The molecular formula is C28H19Cl2F3N2O5. The van der Waals surface area contributed by atoms with E-state index in [1.807, 2.05) is 0 Å². The molecule has 2 heterocycles. The van der Waals surface area contributed by atoms with Crippen molar-refractivity contribution in [2.45, 2.75) is 32.4 Å². The van der Waals surface area contributed by atoms with Crippen molar-refractivity contribution in [2.24, 2.45) is 0 Å². The summed E-state index contributed by atoms with van der Waals surface area (Å²) in [6.07, 6.45) is -5.83. The van der Waals surface area contributed by atoms with Crippen LogP contribution in [0.5, 0.6) is 5.75 Å². The molecule has 1 N–H and O–H groups in total. The number of imide groups is 1. The highest BCUT2D eigenvalue weighted by molar-refractivity contribution is 6.32. The van der Waals surface area contributed by atoms with Crippen molar-refractivity contribution in [3.05, 3.63) is 98.7 Å². The minimum absolute atomic E-state index is 0.0709. The third kappa shape index (κ3) is 5.00. The summed E-state index contributed by atoms with van der Waals surface area (Å²) in [4.78, 5) is 37.8. The van der Waals surface area contributed by atoms with E-state index in [9.17, 15) is 27.6 Å². The molecule has 7 nitrogen and oxygen atoms in total. The maximum Gasteiger partial charge on any atom is 0.573 e. The highest BCUT2D eigenvalue weighted by atomic mass is 35.5. The van der Waals surface area contributed by atoms with E-state index in [2.05, 4.69) is 10.1 Å². The van der Waals surface area contributed by atoms with E-state index in [0.717, 1.165) is 6.07 Å². The molecule has 1 fully saturated rings. The number of aromatic nitrogens is 1. The molecule has 206 valence electrons. The van der Waals surface area contributed by atoms with E-state index in [-0.39, 0.29) is 22.9 Å². The topological polar surface area (TPSA) is 86.6 Å². The number of benzene rings is 3. The van der Waals surface area contributed by atoms with Crippen molar-refractivity contribution in [2.75, 3.05) is 0 Å². The molecule has 1 aromatic heterocycles. The standard InChI is InChI=1S/C28H19Cl2F3N2O5/c1-14-23(24(36)16-4-6-17(29)7-5-16)19-9-8-18(39-28(31,32)33)12-22(19)35(14)13-15-3-10-21(30)20(11-15)27(2)25(37)34-26(38)40-27/h3-12H,13H2,1-2H3,(H,34,37,38)/t27-/m0/s1. The summed E-state index contributed by atoms with van der Waals surface area (Å²) in [7, 11) is 0. The van der Waals surface area contributed by atoms with Gasteiger partial charge in [0.1, 0.15) is 5.75 Å². The van der Waals surface area contributed by atoms with Crippen LogP contribution in [0.25, 0.3) is 10.9 Å². The molecular weight excluding hydrogens is 572 g/mol. The van der Waals surface area contributed by atoms with Gasteiger partial charge in [0.15, 0.2) is 5.78 Å². The number of ether oxygens (including phenoxy) is 2. The van der Waals surface area contributed by atoms with Crippen LogP contribution < -0.4 is 10.1 Å². The molecule has 0 saturated carbocycles. The van der Waals surface area contributed by atoms with Crippen LogP contribution in [0.2, 0.25) is 10.0 Å². The second-order valence-corrected chi connectivity index (χ2v) is 10.1. The number of hydrogen-bond donors (Lipinski definition) is 1. The van der Waals surface area contributed by atoms with Gasteiger partial charge in [-0.15, -0.1) is 13.2 Å². The van der Waals surface area contributed by atoms with Gasteiger partial charge in [0, 0.05) is 44.9 Å². The van der Waals surface area contributed by atoms with Gasteiger partial charge in [-0.25, -0.2) is 4.79 Å². The van der Waals surface area contributed by atoms with Gasteiger partial charge in [-0.2, -0.15) is 0 Å². The second kappa shape index (κ2) is 9.87. The lowest BCUT2D eigenvalue weighted by Crippen LogP contribution is -2.33. The lowest BCUT2D eigenvalue weighted by atomic mass is 9.93. The number of alkyl carbamates (subject to hydrolysis) is 1. The average molecular weight is 591 g/mol. The van der Waals surface area contributed by atoms with Crippen LogP contribution in [-0.4, -0.2) is 28.7 Å². The summed E-state index contributed by atoms with van der Waals surface area (Å²) in [5.41, 5.74) is 0.545. The Morgan fingerprint density at radius 3 is 2.38 bits per heavy atom. The number of carbonyl (C=O) groups excluding carboxylic acids is 3. The maximum absolute atomic E-state index is 13.6. The Morgan fingerprint density at radius 1 is 1.05 bits per heavy atom. The Hall–Kier alpha value is -4.02. The zero-order chi connectivity index (χ0) is 29.0. The van der Waals surface area contributed by atoms with Crippen molar-refractivity contribution in [3.8, 4) is 5.75 Å². The van der Waals surface area contributed by atoms with Crippen molar-refractivity contribution in [3.63, 3.8) is 0 Å². The lowest BCUT2D eigenvalue weighted by Gasteiger charge is -2.22. The fourth-order valence-corrected chi connectivity index (χ4v) is 5.18. The molecule has 4 aromatic rings. The highest BCUT2D eigenvalue weighted by Crippen LogP contribution is 2.37. The Bertz CT molecular complexity index is 1700. The van der Waals surface area contributed by atoms with E-state index in [1.165, 1.54) is 25.1 Å². The number of carbonyl (C=O) groups is 3. The molecule has 1 saturated heterocycles. The van der Waals surface area contributed by atoms with Crippen LogP contribution in [-0.2, 0) is 21.7 Å². The summed E-state index contributed by atoms with van der Waals surface area (Å²) in [6, 6.07) is 14.8. The number of halogens is 5. The van der Waals surface area contributed by atoms with Gasteiger partial charge in [-0.3, -0.25) is 14.9 Å². The molecule has 2 amide bonds. The van der Waals surface area contributed by atoms with E-state index >= 15 is 0 Å². The van der Waals surface area contributed by atoms with Crippen molar-refractivity contribution < 1.29 is 37.0 Å². The van der Waals surface area contributed by atoms with Crippen LogP contribution in [0, 0.1) is 6.92 Å². The number of alkyl halides is 3. The quantitative estimate of drug-likeness (QED) is 0.246. The first-order chi connectivity index (χ1) is 18.8. The van der Waals surface area contributed by atoms with E-state index in [4.69, 9.17) is 27.9 Å². The average Bonchev–Trinajstić information content (AvgIpc) is 3.30. The Balaban J connectivity index is 1.64. The van der Waals surface area contributed by atoms with Crippen LogP contribution in [0.1, 0.15) is 39.7 Å². The van der Waals surface area contributed by atoms with Gasteiger partial charge in [-0.1, -0.05) is 29.3 Å². The predicted octanol–water partition coefficient (Wildman–Crippen LogP) is 6.92. The number of fused-ring (bicyclic) bond motifs is 1. The molecule has 1 atom stereocenters. The van der Waals surface area contributed by atoms with Gasteiger partial charge in [0.05, 0.1) is 11.1 Å². The van der Waals surface area contributed by atoms with Crippen LogP contribution in [0.15, 0.2) is 60.7 Å². The summed E-state index contributed by atoms with van der Waals surface area (Å²) < 4.78 is 50.0. The molecule has 1 aliphatic rings. The molecule has 12 heteroatoms.